The van der Waals surface area contributed by atoms with Crippen LogP contribution in [0.5, 0.6) is 5.75 Å². The van der Waals surface area contributed by atoms with E-state index in [1.807, 2.05) is 63.2 Å². The van der Waals surface area contributed by atoms with Crippen LogP contribution in [0, 0.1) is 5.92 Å². The third kappa shape index (κ3) is 7.06. The van der Waals surface area contributed by atoms with E-state index in [4.69, 9.17) is 4.74 Å². The molecule has 2 rings (SSSR count). The van der Waals surface area contributed by atoms with Crippen molar-refractivity contribution in [3.05, 3.63) is 59.9 Å². The summed E-state index contributed by atoms with van der Waals surface area (Å²) >= 11 is -1.04. The first-order valence-corrected chi connectivity index (χ1v) is 9.76. The zero-order valence-electron chi connectivity index (χ0n) is 15.5. The maximum absolute atomic E-state index is 12.1. The van der Waals surface area contributed by atoms with Gasteiger partial charge in [0.2, 0.25) is 0 Å². The molecule has 0 aliphatic rings. The molecule has 0 amide bonds. The monoisotopic (exact) mass is 360 g/mol. The molecule has 1 N–H and O–H groups in total. The lowest BCUT2D eigenvalue weighted by Gasteiger charge is -2.24. The third-order valence-electron chi connectivity index (χ3n) is 3.71. The Kier molecular flexibility index (Phi) is 7.29. The lowest BCUT2D eigenvalue weighted by molar-refractivity contribution is 0.305. The zero-order chi connectivity index (χ0) is 18.3. The Balaban J connectivity index is 1.84. The molecule has 0 fully saturated rings. The van der Waals surface area contributed by atoms with Crippen molar-refractivity contribution < 1.29 is 9.29 Å². The molecule has 1 aromatic heterocycles. The number of pyridine rings is 1. The Morgan fingerprint density at radius 2 is 1.92 bits per heavy atom. The van der Waals surface area contributed by atoms with Gasteiger partial charge >= 0.3 is 0 Å². The average molecular weight is 361 g/mol. The quantitative estimate of drug-likeness (QED) is 0.726. The SMILES string of the molecule is C[C@H](CN[S+]([O-])C(C)(C)C)Cc1cc(OCc2ccccc2)ccn1. The Morgan fingerprint density at radius 1 is 1.20 bits per heavy atom. The Morgan fingerprint density at radius 3 is 2.60 bits per heavy atom. The van der Waals surface area contributed by atoms with Gasteiger partial charge in [-0.25, -0.2) is 0 Å². The third-order valence-corrected chi connectivity index (χ3v) is 5.25. The van der Waals surface area contributed by atoms with Crippen LogP contribution < -0.4 is 9.46 Å². The van der Waals surface area contributed by atoms with Crippen molar-refractivity contribution >= 4 is 11.4 Å². The van der Waals surface area contributed by atoms with E-state index in [1.54, 1.807) is 6.20 Å². The van der Waals surface area contributed by atoms with Crippen molar-refractivity contribution in [3.63, 3.8) is 0 Å². The van der Waals surface area contributed by atoms with E-state index >= 15 is 0 Å². The molecule has 5 heteroatoms. The van der Waals surface area contributed by atoms with E-state index in [0.29, 0.717) is 19.1 Å². The molecule has 0 saturated heterocycles. The summed E-state index contributed by atoms with van der Waals surface area (Å²) in [5.74, 6) is 1.16. The van der Waals surface area contributed by atoms with Crippen LogP contribution in [0.1, 0.15) is 39.0 Å². The molecule has 2 atom stereocenters. The number of benzene rings is 1. The second-order valence-electron chi connectivity index (χ2n) is 7.30. The highest BCUT2D eigenvalue weighted by Crippen LogP contribution is 2.17. The molecular formula is C20H28N2O2S. The van der Waals surface area contributed by atoms with E-state index < -0.39 is 11.4 Å². The van der Waals surface area contributed by atoms with Crippen LogP contribution in [-0.4, -0.2) is 20.8 Å². The molecule has 0 aliphatic carbocycles. The Hall–Kier alpha value is -1.56. The average Bonchev–Trinajstić information content (AvgIpc) is 2.58. The Labute approximate surface area is 154 Å². The van der Waals surface area contributed by atoms with Crippen LogP contribution in [0.3, 0.4) is 0 Å². The van der Waals surface area contributed by atoms with Crippen LogP contribution in [0.2, 0.25) is 0 Å². The molecule has 136 valence electrons. The van der Waals surface area contributed by atoms with Crippen molar-refractivity contribution in [1.29, 1.82) is 0 Å². The minimum Gasteiger partial charge on any atom is -0.598 e. The van der Waals surface area contributed by atoms with E-state index in [0.717, 1.165) is 23.4 Å². The summed E-state index contributed by atoms with van der Waals surface area (Å²) in [5.41, 5.74) is 2.13. The van der Waals surface area contributed by atoms with Gasteiger partial charge in [0.05, 0.1) is 0 Å². The van der Waals surface area contributed by atoms with E-state index in [2.05, 4.69) is 16.6 Å². The highest BCUT2D eigenvalue weighted by Gasteiger charge is 2.26. The van der Waals surface area contributed by atoms with Crippen LogP contribution in [0.15, 0.2) is 48.7 Å². The lowest BCUT2D eigenvalue weighted by atomic mass is 10.1. The number of rotatable bonds is 8. The van der Waals surface area contributed by atoms with Crippen LogP contribution >= 0.6 is 0 Å². The van der Waals surface area contributed by atoms with Crippen molar-refractivity contribution in [3.8, 4) is 5.75 Å². The van der Waals surface area contributed by atoms with Crippen molar-refractivity contribution in [1.82, 2.24) is 9.71 Å². The standard InChI is InChI=1S/C20H28N2O2S/c1-16(14-22-25(23)20(2,3)4)12-18-13-19(10-11-21-18)24-15-17-8-6-5-7-9-17/h5-11,13,16,22H,12,14-15H2,1-4H3/t16-,25?/m0/s1. The zero-order valence-corrected chi connectivity index (χ0v) is 16.3. The lowest BCUT2D eigenvalue weighted by Crippen LogP contribution is -2.41. The molecule has 1 aromatic carbocycles. The number of aromatic nitrogens is 1. The summed E-state index contributed by atoms with van der Waals surface area (Å²) in [7, 11) is 0. The van der Waals surface area contributed by atoms with E-state index in [-0.39, 0.29) is 4.75 Å². The number of hydrogen-bond acceptors (Lipinski definition) is 4. The van der Waals surface area contributed by atoms with E-state index in [9.17, 15) is 4.55 Å². The van der Waals surface area contributed by atoms with Crippen molar-refractivity contribution in [2.24, 2.45) is 5.92 Å². The topological polar surface area (TPSA) is 57.2 Å². The normalized spacial score (nSPS) is 14.1. The molecule has 4 nitrogen and oxygen atoms in total. The minimum absolute atomic E-state index is 0.247. The van der Waals surface area contributed by atoms with Crippen LogP contribution in [-0.2, 0) is 24.4 Å². The van der Waals surface area contributed by atoms with Crippen LogP contribution in [0.25, 0.3) is 0 Å². The summed E-state index contributed by atoms with van der Waals surface area (Å²) in [5, 5.41) is 0. The molecule has 2 aromatic rings. The van der Waals surface area contributed by atoms with Gasteiger partial charge < -0.3 is 9.29 Å². The Bertz CT molecular complexity index is 644. The number of nitrogens with zero attached hydrogens (tertiary/aromatic N) is 1. The summed E-state index contributed by atoms with van der Waals surface area (Å²) < 4.78 is 20.8. The van der Waals surface area contributed by atoms with Gasteiger partial charge in [-0.3, -0.25) is 4.98 Å². The van der Waals surface area contributed by atoms with E-state index in [1.165, 1.54) is 0 Å². The first-order valence-electron chi connectivity index (χ1n) is 8.61. The largest absolute Gasteiger partial charge is 0.598 e. The molecule has 0 spiro atoms. The fourth-order valence-corrected chi connectivity index (χ4v) is 3.13. The molecule has 0 saturated carbocycles. The molecule has 1 heterocycles. The molecular weight excluding hydrogens is 332 g/mol. The number of nitrogens with one attached hydrogen (secondary N) is 1. The maximum Gasteiger partial charge on any atom is 0.136 e. The number of ether oxygens (including phenoxy) is 1. The summed E-state index contributed by atoms with van der Waals surface area (Å²) in [6.45, 7) is 9.28. The van der Waals surface area contributed by atoms with Crippen molar-refractivity contribution in [2.45, 2.75) is 45.5 Å². The highest BCUT2D eigenvalue weighted by atomic mass is 32.2. The molecule has 25 heavy (non-hydrogen) atoms. The first-order chi connectivity index (χ1) is 11.8. The predicted molar refractivity (Wildman–Crippen MR) is 104 cm³/mol. The summed E-state index contributed by atoms with van der Waals surface area (Å²) in [6, 6.07) is 14.0. The van der Waals surface area contributed by atoms with Crippen molar-refractivity contribution in [2.75, 3.05) is 6.54 Å². The summed E-state index contributed by atoms with van der Waals surface area (Å²) in [6.07, 6.45) is 2.60. The smallest absolute Gasteiger partial charge is 0.136 e. The predicted octanol–water partition coefficient (Wildman–Crippen LogP) is 3.89. The van der Waals surface area contributed by atoms with Gasteiger partial charge in [0.25, 0.3) is 0 Å². The van der Waals surface area contributed by atoms with Gasteiger partial charge in [-0.15, -0.1) is 4.72 Å². The highest BCUT2D eigenvalue weighted by molar-refractivity contribution is 7.90. The van der Waals surface area contributed by atoms with Gasteiger partial charge in [-0.1, -0.05) is 37.3 Å². The second kappa shape index (κ2) is 9.22. The van der Waals surface area contributed by atoms with Gasteiger partial charge in [0.1, 0.15) is 17.1 Å². The first kappa shape index (κ1) is 19.8. The molecule has 0 bridgehead atoms. The fraction of sp³-hybridized carbons (Fsp3) is 0.450. The van der Waals surface area contributed by atoms with Crippen LogP contribution in [0.4, 0.5) is 0 Å². The van der Waals surface area contributed by atoms with Gasteiger partial charge in [-0.05, 0) is 44.7 Å². The minimum atomic E-state index is -1.04. The summed E-state index contributed by atoms with van der Waals surface area (Å²) in [4.78, 5) is 4.43. The van der Waals surface area contributed by atoms with Gasteiger partial charge in [0, 0.05) is 35.9 Å². The number of hydrogen-bond donors (Lipinski definition) is 1. The van der Waals surface area contributed by atoms with Gasteiger partial charge in [-0.2, -0.15) is 0 Å². The second-order valence-corrected chi connectivity index (χ2v) is 9.35. The van der Waals surface area contributed by atoms with Gasteiger partial charge in [0.15, 0.2) is 0 Å². The molecule has 1 unspecified atom stereocenters. The maximum atomic E-state index is 12.1. The molecule has 0 radical (unpaired) electrons. The fourth-order valence-electron chi connectivity index (χ4n) is 2.26. The molecule has 0 aliphatic heterocycles.